The molecule has 1 heterocycles. The molecule has 0 bridgehead atoms. The van der Waals surface area contributed by atoms with Gasteiger partial charge in [0.05, 0.1) is 0 Å². The van der Waals surface area contributed by atoms with Crippen LogP contribution in [0.3, 0.4) is 0 Å². The highest BCUT2D eigenvalue weighted by molar-refractivity contribution is 5.74. The predicted molar refractivity (Wildman–Crippen MR) is 81.3 cm³/mol. The molecule has 0 spiro atoms. The maximum absolute atomic E-state index is 11.2. The minimum absolute atomic E-state index is 0.0808. The summed E-state index contributed by atoms with van der Waals surface area (Å²) in [5.41, 5.74) is 2.22. The van der Waals surface area contributed by atoms with Crippen molar-refractivity contribution in [3.8, 4) is 0 Å². The minimum atomic E-state index is -0.761. The summed E-state index contributed by atoms with van der Waals surface area (Å²) in [5, 5.41) is 9.20. The Labute approximate surface area is 121 Å². The number of likely N-dealkylation sites (tertiary alicyclic amines) is 1. The summed E-state index contributed by atoms with van der Waals surface area (Å²) in [5.74, 6) is -0.761. The monoisotopic (exact) mass is 276 g/mol. The Morgan fingerprint density at radius 2 is 2.00 bits per heavy atom. The van der Waals surface area contributed by atoms with Crippen molar-refractivity contribution in [2.75, 3.05) is 31.6 Å². The van der Waals surface area contributed by atoms with E-state index in [9.17, 15) is 9.90 Å². The number of aryl methyl sites for hydroxylation is 1. The molecule has 0 aliphatic carbocycles. The number of nitrogens with zero attached hydrogens (tertiary/aromatic N) is 2. The Bertz CT molecular complexity index is 444. The molecule has 1 saturated heterocycles. The molecule has 0 aromatic heterocycles. The molecule has 0 amide bonds. The van der Waals surface area contributed by atoms with E-state index < -0.39 is 5.97 Å². The van der Waals surface area contributed by atoms with E-state index in [2.05, 4.69) is 16.8 Å². The maximum Gasteiger partial charge on any atom is 0.323 e. The number of carboxylic acids is 1. The first-order chi connectivity index (χ1) is 9.56. The fraction of sp³-hybridized carbons (Fsp3) is 0.562. The zero-order valence-electron chi connectivity index (χ0n) is 12.4. The van der Waals surface area contributed by atoms with E-state index in [-0.39, 0.29) is 6.54 Å². The highest BCUT2D eigenvalue weighted by Gasteiger charge is 2.23. The van der Waals surface area contributed by atoms with E-state index in [0.717, 1.165) is 38.0 Å². The minimum Gasteiger partial charge on any atom is -0.480 e. The van der Waals surface area contributed by atoms with Crippen LogP contribution < -0.4 is 4.90 Å². The second-order valence-electron chi connectivity index (χ2n) is 5.75. The van der Waals surface area contributed by atoms with E-state index in [0.29, 0.717) is 6.04 Å². The van der Waals surface area contributed by atoms with Crippen molar-refractivity contribution in [3.63, 3.8) is 0 Å². The first-order valence-electron chi connectivity index (χ1n) is 7.30. The number of benzene rings is 1. The molecule has 1 fully saturated rings. The third kappa shape index (κ3) is 3.97. The normalized spacial score (nSPS) is 20.4. The smallest absolute Gasteiger partial charge is 0.323 e. The summed E-state index contributed by atoms with van der Waals surface area (Å²) in [6.07, 6.45) is 3.21. The quantitative estimate of drug-likeness (QED) is 0.917. The van der Waals surface area contributed by atoms with E-state index in [1.165, 1.54) is 5.56 Å². The predicted octanol–water partition coefficient (Wildman–Crippen LogP) is 2.37. The average Bonchev–Trinajstić information content (AvgIpc) is 2.62. The fourth-order valence-corrected chi connectivity index (χ4v) is 2.85. The van der Waals surface area contributed by atoms with Crippen LogP contribution in [0.15, 0.2) is 24.3 Å². The van der Waals surface area contributed by atoms with E-state index in [4.69, 9.17) is 0 Å². The molecule has 1 N–H and O–H groups in total. The van der Waals surface area contributed by atoms with Gasteiger partial charge in [-0.25, -0.2) is 0 Å². The lowest BCUT2D eigenvalue weighted by molar-refractivity contribution is -0.135. The molecule has 1 aromatic rings. The number of carboxylic acid groups (broad SMARTS) is 1. The third-order valence-electron chi connectivity index (χ3n) is 4.03. The van der Waals surface area contributed by atoms with Gasteiger partial charge in [0.2, 0.25) is 0 Å². The summed E-state index contributed by atoms with van der Waals surface area (Å²) in [7, 11) is 2.13. The van der Waals surface area contributed by atoms with Gasteiger partial charge in [-0.05, 0) is 58.5 Å². The summed E-state index contributed by atoms with van der Waals surface area (Å²) >= 11 is 0. The van der Waals surface area contributed by atoms with Gasteiger partial charge in [0, 0.05) is 11.7 Å². The van der Waals surface area contributed by atoms with Crippen molar-refractivity contribution in [1.82, 2.24) is 4.90 Å². The van der Waals surface area contributed by atoms with E-state index in [1.54, 1.807) is 0 Å². The Morgan fingerprint density at radius 1 is 1.30 bits per heavy atom. The highest BCUT2D eigenvalue weighted by Crippen LogP contribution is 2.23. The molecule has 110 valence electrons. The second kappa shape index (κ2) is 6.75. The van der Waals surface area contributed by atoms with Crippen molar-refractivity contribution in [3.05, 3.63) is 29.8 Å². The third-order valence-corrected chi connectivity index (χ3v) is 4.03. The summed E-state index contributed by atoms with van der Waals surface area (Å²) in [6, 6.07) is 8.48. The zero-order valence-corrected chi connectivity index (χ0v) is 12.4. The van der Waals surface area contributed by atoms with Crippen LogP contribution in [-0.4, -0.2) is 48.7 Å². The van der Waals surface area contributed by atoms with Gasteiger partial charge in [-0.2, -0.15) is 0 Å². The lowest BCUT2D eigenvalue weighted by Crippen LogP contribution is -2.39. The first-order valence-corrected chi connectivity index (χ1v) is 7.30. The van der Waals surface area contributed by atoms with Crippen LogP contribution >= 0.6 is 0 Å². The summed E-state index contributed by atoms with van der Waals surface area (Å²) in [4.78, 5) is 15.6. The summed E-state index contributed by atoms with van der Waals surface area (Å²) in [6.45, 7) is 4.27. The first kappa shape index (κ1) is 14.9. The molecule has 4 nitrogen and oxygen atoms in total. The largest absolute Gasteiger partial charge is 0.480 e. The van der Waals surface area contributed by atoms with Gasteiger partial charge in [0.15, 0.2) is 0 Å². The molecule has 4 heteroatoms. The van der Waals surface area contributed by atoms with Gasteiger partial charge < -0.3 is 14.9 Å². The van der Waals surface area contributed by atoms with Crippen LogP contribution in [0.1, 0.15) is 24.8 Å². The van der Waals surface area contributed by atoms with Gasteiger partial charge in [-0.3, -0.25) is 4.79 Å². The molecular weight excluding hydrogens is 252 g/mol. The molecule has 1 aliphatic heterocycles. The van der Waals surface area contributed by atoms with Gasteiger partial charge in [-0.1, -0.05) is 17.7 Å². The van der Waals surface area contributed by atoms with Crippen LogP contribution in [0.25, 0.3) is 0 Å². The number of hydrogen-bond acceptors (Lipinski definition) is 3. The Kier molecular flexibility index (Phi) is 5.01. The number of rotatable bonds is 4. The standard InChI is InChI=1S/C16H24N2O2/c1-13-5-7-15(8-6-13)18(12-16(19)20)14-4-3-10-17(2)11-9-14/h5-8,14H,3-4,9-12H2,1-2H3,(H,19,20). The average molecular weight is 276 g/mol. The number of hydrogen-bond donors (Lipinski definition) is 1. The van der Waals surface area contributed by atoms with Crippen LogP contribution in [0, 0.1) is 6.92 Å². The maximum atomic E-state index is 11.2. The second-order valence-corrected chi connectivity index (χ2v) is 5.75. The highest BCUT2D eigenvalue weighted by atomic mass is 16.4. The lowest BCUT2D eigenvalue weighted by atomic mass is 10.1. The molecule has 1 aromatic carbocycles. The number of anilines is 1. The SMILES string of the molecule is Cc1ccc(N(CC(=O)O)C2CCCN(C)CC2)cc1. The Balaban J connectivity index is 2.17. The molecule has 2 rings (SSSR count). The van der Waals surface area contributed by atoms with E-state index >= 15 is 0 Å². The molecule has 1 atom stereocenters. The van der Waals surface area contributed by atoms with Gasteiger partial charge in [0.1, 0.15) is 6.54 Å². The number of carbonyl (C=O) groups is 1. The Morgan fingerprint density at radius 3 is 2.65 bits per heavy atom. The van der Waals surface area contributed by atoms with Crippen molar-refractivity contribution in [2.24, 2.45) is 0 Å². The molecular formula is C16H24N2O2. The van der Waals surface area contributed by atoms with Crippen molar-refractivity contribution < 1.29 is 9.90 Å². The topological polar surface area (TPSA) is 43.8 Å². The van der Waals surface area contributed by atoms with Gasteiger partial charge >= 0.3 is 5.97 Å². The van der Waals surface area contributed by atoms with E-state index in [1.807, 2.05) is 31.2 Å². The van der Waals surface area contributed by atoms with Crippen LogP contribution in [0.5, 0.6) is 0 Å². The van der Waals surface area contributed by atoms with Crippen molar-refractivity contribution in [1.29, 1.82) is 0 Å². The summed E-state index contributed by atoms with van der Waals surface area (Å²) < 4.78 is 0. The van der Waals surface area contributed by atoms with Crippen molar-refractivity contribution >= 4 is 11.7 Å². The molecule has 1 aliphatic rings. The lowest BCUT2D eigenvalue weighted by Gasteiger charge is -2.32. The van der Waals surface area contributed by atoms with Gasteiger partial charge in [-0.15, -0.1) is 0 Å². The van der Waals surface area contributed by atoms with Gasteiger partial charge in [0.25, 0.3) is 0 Å². The van der Waals surface area contributed by atoms with Crippen LogP contribution in [-0.2, 0) is 4.79 Å². The Hall–Kier alpha value is -1.55. The fourth-order valence-electron chi connectivity index (χ4n) is 2.85. The number of aliphatic carboxylic acids is 1. The molecule has 1 unspecified atom stereocenters. The molecule has 0 radical (unpaired) electrons. The van der Waals surface area contributed by atoms with Crippen LogP contribution in [0.4, 0.5) is 5.69 Å². The van der Waals surface area contributed by atoms with Crippen LogP contribution in [0.2, 0.25) is 0 Å². The molecule has 0 saturated carbocycles. The van der Waals surface area contributed by atoms with Crippen molar-refractivity contribution in [2.45, 2.75) is 32.2 Å². The molecule has 20 heavy (non-hydrogen) atoms. The zero-order chi connectivity index (χ0) is 14.5.